The number of nitrogens with one attached hydrogen (secondary N) is 2. The molecule has 1 aromatic carbocycles. The first-order valence-electron chi connectivity index (χ1n) is 9.23. The first-order chi connectivity index (χ1) is 12.6. The number of hydrogen-bond acceptors (Lipinski definition) is 4. The lowest BCUT2D eigenvalue weighted by atomic mass is 10.2. The number of guanidine groups is 1. The summed E-state index contributed by atoms with van der Waals surface area (Å²) in [6.07, 6.45) is 0.394. The number of rotatable bonds is 10. The van der Waals surface area contributed by atoms with Gasteiger partial charge in [-0.2, -0.15) is 0 Å². The fraction of sp³-hybridized carbons (Fsp3) is 0.579. The molecule has 146 valence electrons. The summed E-state index contributed by atoms with van der Waals surface area (Å²) in [4.78, 5) is 18.4. The van der Waals surface area contributed by atoms with Gasteiger partial charge in [-0.1, -0.05) is 0 Å². The summed E-state index contributed by atoms with van der Waals surface area (Å²) in [5.41, 5.74) is 0.833. The molecule has 0 atom stereocenters. The Hall–Kier alpha value is -2.44. The van der Waals surface area contributed by atoms with Gasteiger partial charge >= 0.3 is 0 Å². The van der Waals surface area contributed by atoms with Crippen LogP contribution in [0.4, 0.5) is 5.69 Å². The van der Waals surface area contributed by atoms with E-state index in [0.29, 0.717) is 37.0 Å². The summed E-state index contributed by atoms with van der Waals surface area (Å²) < 4.78 is 10.9. The quantitative estimate of drug-likeness (QED) is 0.493. The first kappa shape index (κ1) is 21.6. The van der Waals surface area contributed by atoms with Crippen molar-refractivity contribution in [3.05, 3.63) is 18.2 Å². The van der Waals surface area contributed by atoms with E-state index in [1.54, 1.807) is 7.11 Å². The Kier molecular flexibility index (Phi) is 9.97. The van der Waals surface area contributed by atoms with Crippen LogP contribution in [-0.2, 0) is 4.79 Å². The van der Waals surface area contributed by atoms with E-state index in [9.17, 15) is 4.79 Å². The van der Waals surface area contributed by atoms with Gasteiger partial charge in [-0.05, 0) is 39.8 Å². The number of methoxy groups -OCH3 is 1. The molecule has 0 aliphatic carbocycles. The number of carbonyl (C=O) groups is 1. The van der Waals surface area contributed by atoms with Crippen molar-refractivity contribution in [1.82, 2.24) is 10.2 Å². The molecule has 0 heterocycles. The van der Waals surface area contributed by atoms with Gasteiger partial charge in [0.25, 0.3) is 0 Å². The van der Waals surface area contributed by atoms with E-state index in [4.69, 9.17) is 9.47 Å². The van der Waals surface area contributed by atoms with Gasteiger partial charge in [0, 0.05) is 37.8 Å². The van der Waals surface area contributed by atoms with Crippen molar-refractivity contribution >= 4 is 17.6 Å². The molecule has 0 unspecified atom stereocenters. The molecule has 26 heavy (non-hydrogen) atoms. The molecular weight excluding hydrogens is 332 g/mol. The van der Waals surface area contributed by atoms with E-state index in [2.05, 4.69) is 15.6 Å². The van der Waals surface area contributed by atoms with Crippen LogP contribution >= 0.6 is 0 Å². The lowest BCUT2D eigenvalue weighted by Crippen LogP contribution is -2.32. The molecule has 0 fully saturated rings. The molecule has 0 saturated carbocycles. The number of hydrogen-bond donors (Lipinski definition) is 2. The molecule has 0 aromatic heterocycles. The summed E-state index contributed by atoms with van der Waals surface area (Å²) in [5.74, 6) is 2.11. The van der Waals surface area contributed by atoms with E-state index < -0.39 is 0 Å². The zero-order chi connectivity index (χ0) is 19.4. The molecule has 0 radical (unpaired) electrons. The SMILES string of the molecule is CCNC(=NCCC(=O)N(CC)CC)Nc1ccc(OCC)c(OC)c1. The fourth-order valence-electron chi connectivity index (χ4n) is 2.46. The third-order valence-corrected chi connectivity index (χ3v) is 3.78. The zero-order valence-electron chi connectivity index (χ0n) is 16.6. The Labute approximate surface area is 156 Å². The number of ether oxygens (including phenoxy) is 2. The number of aliphatic imine (C=N–C) groups is 1. The van der Waals surface area contributed by atoms with E-state index in [-0.39, 0.29) is 5.91 Å². The first-order valence-corrected chi connectivity index (χ1v) is 9.23. The van der Waals surface area contributed by atoms with Crippen molar-refractivity contribution in [1.29, 1.82) is 0 Å². The number of carbonyl (C=O) groups excluding carboxylic acids is 1. The van der Waals surface area contributed by atoms with Crippen molar-refractivity contribution in [2.24, 2.45) is 4.99 Å². The summed E-state index contributed by atoms with van der Waals surface area (Å²) in [5, 5.41) is 6.41. The Balaban J connectivity index is 2.76. The summed E-state index contributed by atoms with van der Waals surface area (Å²) in [6.45, 7) is 11.1. The largest absolute Gasteiger partial charge is 0.493 e. The van der Waals surface area contributed by atoms with Crippen LogP contribution in [0.25, 0.3) is 0 Å². The molecule has 1 aromatic rings. The fourth-order valence-corrected chi connectivity index (χ4v) is 2.46. The molecule has 7 nitrogen and oxygen atoms in total. The van der Waals surface area contributed by atoms with E-state index in [1.165, 1.54) is 0 Å². The van der Waals surface area contributed by atoms with Crippen molar-refractivity contribution in [2.45, 2.75) is 34.1 Å². The summed E-state index contributed by atoms with van der Waals surface area (Å²) in [6, 6.07) is 5.62. The number of amides is 1. The van der Waals surface area contributed by atoms with Gasteiger partial charge in [-0.15, -0.1) is 0 Å². The maximum atomic E-state index is 12.1. The Morgan fingerprint density at radius 1 is 1.15 bits per heavy atom. The summed E-state index contributed by atoms with van der Waals surface area (Å²) in [7, 11) is 1.61. The van der Waals surface area contributed by atoms with Gasteiger partial charge in [0.15, 0.2) is 17.5 Å². The van der Waals surface area contributed by atoms with Crippen LogP contribution in [0.5, 0.6) is 11.5 Å². The van der Waals surface area contributed by atoms with Crippen LogP contribution in [0.1, 0.15) is 34.1 Å². The van der Waals surface area contributed by atoms with E-state index >= 15 is 0 Å². The van der Waals surface area contributed by atoms with E-state index in [1.807, 2.05) is 50.8 Å². The van der Waals surface area contributed by atoms with Gasteiger partial charge < -0.3 is 25.0 Å². The zero-order valence-corrected chi connectivity index (χ0v) is 16.6. The maximum Gasteiger partial charge on any atom is 0.224 e. The Morgan fingerprint density at radius 3 is 2.46 bits per heavy atom. The third kappa shape index (κ3) is 6.82. The average molecular weight is 364 g/mol. The second kappa shape index (κ2) is 12.0. The molecule has 0 aliphatic rings. The predicted molar refractivity (Wildman–Crippen MR) is 106 cm³/mol. The second-order valence-electron chi connectivity index (χ2n) is 5.50. The molecule has 0 aliphatic heterocycles. The van der Waals surface area contributed by atoms with Gasteiger partial charge in [0.1, 0.15) is 0 Å². The molecule has 0 bridgehead atoms. The minimum absolute atomic E-state index is 0.123. The Bertz CT molecular complexity index is 586. The third-order valence-electron chi connectivity index (χ3n) is 3.78. The van der Waals surface area contributed by atoms with Crippen molar-refractivity contribution in [3.8, 4) is 11.5 Å². The Morgan fingerprint density at radius 2 is 1.88 bits per heavy atom. The van der Waals surface area contributed by atoms with Gasteiger partial charge in [0.2, 0.25) is 5.91 Å². The minimum atomic E-state index is 0.123. The monoisotopic (exact) mass is 364 g/mol. The average Bonchev–Trinajstić information content (AvgIpc) is 2.64. The lowest BCUT2D eigenvalue weighted by molar-refractivity contribution is -0.130. The molecule has 0 saturated heterocycles. The molecular formula is C19H32N4O3. The minimum Gasteiger partial charge on any atom is -0.493 e. The lowest BCUT2D eigenvalue weighted by Gasteiger charge is -2.18. The van der Waals surface area contributed by atoms with Crippen molar-refractivity contribution < 1.29 is 14.3 Å². The smallest absolute Gasteiger partial charge is 0.224 e. The van der Waals surface area contributed by atoms with Crippen LogP contribution in [-0.4, -0.2) is 56.7 Å². The molecule has 7 heteroatoms. The maximum absolute atomic E-state index is 12.1. The second-order valence-corrected chi connectivity index (χ2v) is 5.50. The van der Waals surface area contributed by atoms with Crippen LogP contribution in [0.3, 0.4) is 0 Å². The topological polar surface area (TPSA) is 75.2 Å². The van der Waals surface area contributed by atoms with Crippen molar-refractivity contribution in [3.63, 3.8) is 0 Å². The standard InChI is InChI=1S/C19H32N4O3/c1-6-20-19(21-13-12-18(24)23(7-2)8-3)22-15-10-11-16(26-9-4)17(14-15)25-5/h10-11,14H,6-9,12-13H2,1-5H3,(H2,20,21,22). The van der Waals surface area contributed by atoms with Crippen molar-refractivity contribution in [2.75, 3.05) is 45.2 Å². The highest BCUT2D eigenvalue weighted by Gasteiger charge is 2.09. The highest BCUT2D eigenvalue weighted by molar-refractivity contribution is 5.94. The van der Waals surface area contributed by atoms with E-state index in [0.717, 1.165) is 25.3 Å². The summed E-state index contributed by atoms with van der Waals surface area (Å²) >= 11 is 0. The molecule has 1 amide bonds. The van der Waals surface area contributed by atoms with Gasteiger partial charge in [0.05, 0.1) is 20.3 Å². The van der Waals surface area contributed by atoms with Crippen LogP contribution < -0.4 is 20.1 Å². The number of anilines is 1. The number of nitrogens with zero attached hydrogens (tertiary/aromatic N) is 2. The number of benzene rings is 1. The van der Waals surface area contributed by atoms with Crippen LogP contribution in [0, 0.1) is 0 Å². The van der Waals surface area contributed by atoms with Crippen LogP contribution in [0.2, 0.25) is 0 Å². The molecule has 2 N–H and O–H groups in total. The van der Waals surface area contributed by atoms with Gasteiger partial charge in [-0.25, -0.2) is 0 Å². The highest BCUT2D eigenvalue weighted by Crippen LogP contribution is 2.30. The normalized spacial score (nSPS) is 11.0. The molecule has 1 rings (SSSR count). The molecule has 0 spiro atoms. The van der Waals surface area contributed by atoms with Crippen LogP contribution in [0.15, 0.2) is 23.2 Å². The van der Waals surface area contributed by atoms with Gasteiger partial charge in [-0.3, -0.25) is 9.79 Å². The highest BCUT2D eigenvalue weighted by atomic mass is 16.5. The predicted octanol–water partition coefficient (Wildman–Crippen LogP) is 2.73.